The number of carboxylic acid groups (broad SMARTS) is 1. The molecule has 1 heterocycles. The average Bonchev–Trinajstić information content (AvgIpc) is 3.53. The number of primary amides is 1. The molecule has 0 radical (unpaired) electrons. The molecule has 0 bridgehead atoms. The van der Waals surface area contributed by atoms with E-state index < -0.39 is 97.9 Å². The first-order valence-corrected chi connectivity index (χ1v) is 17.8. The van der Waals surface area contributed by atoms with Crippen molar-refractivity contribution in [3.05, 3.63) is 29.8 Å². The number of hydrogen-bond acceptors (Lipinski definition) is 10. The van der Waals surface area contributed by atoms with E-state index in [2.05, 4.69) is 25.8 Å². The lowest BCUT2D eigenvalue weighted by atomic mass is 9.96. The van der Waals surface area contributed by atoms with Crippen molar-refractivity contribution in [2.75, 3.05) is 6.54 Å². The Bertz CT molecular complexity index is 1480. The molecule has 6 amide bonds. The summed E-state index contributed by atoms with van der Waals surface area (Å²) in [5.41, 5.74) is 5.87. The van der Waals surface area contributed by atoms with Gasteiger partial charge >= 0.3 is 13.8 Å². The van der Waals surface area contributed by atoms with Crippen LogP contribution in [0.3, 0.4) is 0 Å². The standard InChI is InChI=1S/C31H47N6O13P/c1-5-16(2)25(29(44)34-21(12-13-24(40)41)31(46)37-14-6-7-23(37)27(32)42)35-30(45)26(17(3)38)36-28(43)22(33-18(4)39)15-19-8-10-20(11-9-19)50-51(47,48)49/h8-11,16-17,21-23,25-26,38H,5-7,12-15H2,1-4H3,(H2,32,42)(H,33,39)(H,34,44)(H,35,45)(H,36,43)(H,40,41)(H2,47,48,49)/t16-,17+,21-,22-,23-,25-,26-/m0/s1. The Morgan fingerprint density at radius 1 is 0.941 bits per heavy atom. The molecule has 1 aromatic rings. The molecule has 0 aromatic heterocycles. The number of carbonyl (C=O) groups excluding carboxylic acids is 6. The van der Waals surface area contributed by atoms with Gasteiger partial charge in [-0.25, -0.2) is 4.57 Å². The van der Waals surface area contributed by atoms with Gasteiger partial charge in [-0.05, 0) is 49.8 Å². The Labute approximate surface area is 294 Å². The van der Waals surface area contributed by atoms with E-state index >= 15 is 0 Å². The summed E-state index contributed by atoms with van der Waals surface area (Å²) < 4.78 is 15.6. The highest BCUT2D eigenvalue weighted by atomic mass is 31.2. The lowest BCUT2D eigenvalue weighted by molar-refractivity contribution is -0.143. The number of amides is 6. The van der Waals surface area contributed by atoms with Crippen LogP contribution in [-0.4, -0.2) is 109 Å². The molecule has 51 heavy (non-hydrogen) atoms. The minimum absolute atomic E-state index is 0.146. The topological polar surface area (TPSA) is 304 Å². The fourth-order valence-electron chi connectivity index (χ4n) is 5.43. The van der Waals surface area contributed by atoms with E-state index in [1.165, 1.54) is 36.1 Å². The smallest absolute Gasteiger partial charge is 0.481 e. The Balaban J connectivity index is 2.26. The van der Waals surface area contributed by atoms with Crippen LogP contribution >= 0.6 is 7.82 Å². The first kappa shape index (κ1) is 42.6. The van der Waals surface area contributed by atoms with Crippen molar-refractivity contribution in [1.82, 2.24) is 26.2 Å². The third-order valence-corrected chi connectivity index (χ3v) is 8.71. The van der Waals surface area contributed by atoms with Crippen molar-refractivity contribution < 1.29 is 62.7 Å². The molecule has 10 N–H and O–H groups in total. The van der Waals surface area contributed by atoms with E-state index in [4.69, 9.17) is 15.5 Å². The van der Waals surface area contributed by atoms with Gasteiger partial charge in [-0.2, -0.15) is 0 Å². The number of aliphatic carboxylic acids is 1. The van der Waals surface area contributed by atoms with Crippen molar-refractivity contribution in [2.24, 2.45) is 11.7 Å². The molecular weight excluding hydrogens is 695 g/mol. The van der Waals surface area contributed by atoms with Crippen LogP contribution in [0, 0.1) is 5.92 Å². The Morgan fingerprint density at radius 3 is 2.04 bits per heavy atom. The summed E-state index contributed by atoms with van der Waals surface area (Å²) in [6.07, 6.45) is -1.35. The minimum Gasteiger partial charge on any atom is -0.481 e. The zero-order valence-corrected chi connectivity index (χ0v) is 29.6. The number of nitrogens with two attached hydrogens (primary N) is 1. The van der Waals surface area contributed by atoms with E-state index in [0.29, 0.717) is 24.8 Å². The number of nitrogens with zero attached hydrogens (tertiary/aromatic N) is 1. The largest absolute Gasteiger partial charge is 0.524 e. The van der Waals surface area contributed by atoms with Gasteiger partial charge in [-0.3, -0.25) is 43.3 Å². The van der Waals surface area contributed by atoms with Crippen molar-refractivity contribution in [1.29, 1.82) is 0 Å². The summed E-state index contributed by atoms with van der Waals surface area (Å²) in [7, 11) is -4.82. The highest BCUT2D eigenvalue weighted by molar-refractivity contribution is 7.46. The molecule has 0 saturated carbocycles. The van der Waals surface area contributed by atoms with Crippen LogP contribution in [0.4, 0.5) is 0 Å². The van der Waals surface area contributed by atoms with Crippen LogP contribution in [0.1, 0.15) is 65.4 Å². The van der Waals surface area contributed by atoms with Gasteiger partial charge in [0.15, 0.2) is 0 Å². The quantitative estimate of drug-likeness (QED) is 0.0725. The first-order valence-electron chi connectivity index (χ1n) is 16.3. The average molecular weight is 743 g/mol. The van der Waals surface area contributed by atoms with Gasteiger partial charge in [-0.1, -0.05) is 32.4 Å². The van der Waals surface area contributed by atoms with E-state index in [9.17, 15) is 48.3 Å². The molecule has 0 unspecified atom stereocenters. The summed E-state index contributed by atoms with van der Waals surface area (Å²) in [5.74, 6) is -6.73. The third-order valence-electron chi connectivity index (χ3n) is 8.26. The second-order valence-electron chi connectivity index (χ2n) is 12.4. The number of nitrogens with one attached hydrogen (secondary N) is 4. The molecule has 2 rings (SSSR count). The van der Waals surface area contributed by atoms with Crippen molar-refractivity contribution in [3.63, 3.8) is 0 Å². The Kier molecular flexibility index (Phi) is 16.0. The number of aliphatic hydroxyl groups is 1. The summed E-state index contributed by atoms with van der Waals surface area (Å²) in [5, 5.41) is 29.6. The second-order valence-corrected chi connectivity index (χ2v) is 13.5. The molecule has 1 aliphatic rings. The minimum atomic E-state index is -4.82. The van der Waals surface area contributed by atoms with Crippen LogP contribution in [-0.2, 0) is 44.5 Å². The second kappa shape index (κ2) is 19.1. The van der Waals surface area contributed by atoms with Crippen LogP contribution < -0.4 is 31.5 Å². The van der Waals surface area contributed by atoms with Gasteiger partial charge in [-0.15, -0.1) is 0 Å². The molecule has 20 heteroatoms. The summed E-state index contributed by atoms with van der Waals surface area (Å²) in [4.78, 5) is 108. The van der Waals surface area contributed by atoms with Gasteiger partial charge < -0.3 is 46.6 Å². The van der Waals surface area contributed by atoms with E-state index in [1.807, 2.05) is 0 Å². The molecule has 7 atom stereocenters. The fourth-order valence-corrected chi connectivity index (χ4v) is 5.83. The Hall–Kier alpha value is -4.58. The number of carboxylic acids is 1. The normalized spacial score (nSPS) is 17.9. The Morgan fingerprint density at radius 2 is 1.53 bits per heavy atom. The summed E-state index contributed by atoms with van der Waals surface area (Å²) in [6.45, 7) is 5.88. The number of hydrogen-bond donors (Lipinski definition) is 9. The van der Waals surface area contributed by atoms with Gasteiger partial charge in [0.25, 0.3) is 0 Å². The van der Waals surface area contributed by atoms with Crippen molar-refractivity contribution in [3.8, 4) is 5.75 Å². The molecule has 1 aromatic carbocycles. The third kappa shape index (κ3) is 13.6. The molecule has 0 aliphatic carbocycles. The monoisotopic (exact) mass is 742 g/mol. The molecule has 1 saturated heterocycles. The molecular formula is C31H47N6O13P. The van der Waals surface area contributed by atoms with Gasteiger partial charge in [0.2, 0.25) is 35.4 Å². The highest BCUT2D eigenvalue weighted by Gasteiger charge is 2.39. The van der Waals surface area contributed by atoms with Crippen molar-refractivity contribution in [2.45, 2.75) is 103 Å². The van der Waals surface area contributed by atoms with Crippen LogP contribution in [0.25, 0.3) is 0 Å². The lowest BCUT2D eigenvalue weighted by Gasteiger charge is -2.31. The number of rotatable bonds is 19. The van der Waals surface area contributed by atoms with Crippen LogP contribution in [0.15, 0.2) is 24.3 Å². The number of carbonyl (C=O) groups is 7. The molecule has 19 nitrogen and oxygen atoms in total. The predicted octanol–water partition coefficient (Wildman–Crippen LogP) is -1.57. The van der Waals surface area contributed by atoms with E-state index in [1.54, 1.807) is 13.8 Å². The predicted molar refractivity (Wildman–Crippen MR) is 178 cm³/mol. The van der Waals surface area contributed by atoms with Crippen molar-refractivity contribution >= 4 is 49.2 Å². The molecule has 1 fully saturated rings. The summed E-state index contributed by atoms with van der Waals surface area (Å²) in [6, 6.07) is -1.28. The number of likely N-dealkylation sites (tertiary alicyclic amines) is 1. The lowest BCUT2D eigenvalue weighted by Crippen LogP contribution is -2.62. The first-order chi connectivity index (χ1) is 23.7. The van der Waals surface area contributed by atoms with Gasteiger partial charge in [0, 0.05) is 26.3 Å². The number of aliphatic hydroxyl groups excluding tert-OH is 1. The zero-order chi connectivity index (χ0) is 38.6. The van der Waals surface area contributed by atoms with Crippen LogP contribution in [0.2, 0.25) is 0 Å². The summed E-state index contributed by atoms with van der Waals surface area (Å²) >= 11 is 0. The van der Waals surface area contributed by atoms with Gasteiger partial charge in [0.1, 0.15) is 36.0 Å². The zero-order valence-electron chi connectivity index (χ0n) is 28.7. The van der Waals surface area contributed by atoms with Gasteiger partial charge in [0.05, 0.1) is 6.10 Å². The highest BCUT2D eigenvalue weighted by Crippen LogP contribution is 2.37. The number of benzene rings is 1. The maximum atomic E-state index is 13.6. The molecule has 284 valence electrons. The number of phosphoric ester groups is 1. The molecule has 1 aliphatic heterocycles. The SMILES string of the molecule is CC[C@H](C)[C@H](NC(=O)[C@@H](NC(=O)[C@H](Cc1ccc(OP(=O)(O)O)cc1)NC(C)=O)[C@@H](C)O)C(=O)N[C@@H](CCC(=O)O)C(=O)N1CCC[C@H]1C(N)=O. The fraction of sp³-hybridized carbons (Fsp3) is 0.581. The van der Waals surface area contributed by atoms with E-state index in [-0.39, 0.29) is 25.1 Å². The number of phosphoric acid groups is 1. The molecule has 0 spiro atoms. The van der Waals surface area contributed by atoms with E-state index in [0.717, 1.165) is 6.92 Å². The maximum Gasteiger partial charge on any atom is 0.524 e. The maximum absolute atomic E-state index is 13.6. The van der Waals surface area contributed by atoms with Crippen LogP contribution in [0.5, 0.6) is 5.75 Å².